The average molecular weight is 541 g/mol. The van der Waals surface area contributed by atoms with E-state index in [0.717, 1.165) is 67.9 Å². The minimum absolute atomic E-state index is 0.0345. The number of allylic oxidation sites excluding steroid dienone is 4. The fourth-order valence-electron chi connectivity index (χ4n) is 8.57. The predicted molar refractivity (Wildman–Crippen MR) is 157 cm³/mol. The zero-order chi connectivity index (χ0) is 27.2. The fraction of sp³-hybridized carbons (Fsp3) is 0.722. The van der Waals surface area contributed by atoms with Crippen molar-refractivity contribution in [1.82, 2.24) is 0 Å². The first-order chi connectivity index (χ1) is 19.0. The van der Waals surface area contributed by atoms with Crippen molar-refractivity contribution >= 4 is 0 Å². The molecule has 0 aliphatic heterocycles. The third kappa shape index (κ3) is 7.62. The molecule has 4 saturated carbocycles. The van der Waals surface area contributed by atoms with Crippen LogP contribution in [0.5, 0.6) is 0 Å². The van der Waals surface area contributed by atoms with Gasteiger partial charge in [-0.2, -0.15) is 0 Å². The van der Waals surface area contributed by atoms with Crippen molar-refractivity contribution in [3.05, 3.63) is 59.2 Å². The highest BCUT2D eigenvalue weighted by atomic mass is 19.1. The molecule has 0 nitrogen and oxygen atoms in total. The topological polar surface area (TPSA) is 0 Å². The molecule has 0 saturated heterocycles. The summed E-state index contributed by atoms with van der Waals surface area (Å²) in [6.07, 6.45) is 24.8. The van der Waals surface area contributed by atoms with Gasteiger partial charge in [0.1, 0.15) is 18.3 Å². The molecule has 0 spiro atoms. The molecule has 4 aliphatic carbocycles. The second kappa shape index (κ2) is 13.9. The molecule has 1 aromatic carbocycles. The molecule has 0 unspecified atom stereocenters. The van der Waals surface area contributed by atoms with Gasteiger partial charge in [0, 0.05) is 5.92 Å². The van der Waals surface area contributed by atoms with Crippen LogP contribution in [0, 0.1) is 41.3 Å². The summed E-state index contributed by atoms with van der Waals surface area (Å²) in [4.78, 5) is 0. The maximum absolute atomic E-state index is 15.2. The van der Waals surface area contributed by atoms with Crippen molar-refractivity contribution in [3.8, 4) is 0 Å². The molecule has 0 atom stereocenters. The lowest BCUT2D eigenvalue weighted by Crippen LogP contribution is -2.25. The maximum Gasteiger partial charge on any atom is 0.126 e. The van der Waals surface area contributed by atoms with Crippen molar-refractivity contribution in [2.24, 2.45) is 35.5 Å². The van der Waals surface area contributed by atoms with E-state index in [0.29, 0.717) is 23.7 Å². The summed E-state index contributed by atoms with van der Waals surface area (Å²) in [6, 6.07) is 6.22. The second-order valence-corrected chi connectivity index (χ2v) is 13.8. The van der Waals surface area contributed by atoms with E-state index in [4.69, 9.17) is 0 Å². The molecule has 0 heterocycles. The normalized spacial score (nSPS) is 36.8. The molecular formula is C36H51F3. The van der Waals surface area contributed by atoms with Crippen LogP contribution in [-0.4, -0.2) is 6.67 Å². The Morgan fingerprint density at radius 2 is 1.26 bits per heavy atom. The monoisotopic (exact) mass is 540 g/mol. The number of alkyl halides is 1. The highest BCUT2D eigenvalue weighted by Crippen LogP contribution is 2.44. The number of hydrogen-bond acceptors (Lipinski definition) is 0. The predicted octanol–water partition coefficient (Wildman–Crippen LogP) is 11.4. The van der Waals surface area contributed by atoms with Crippen LogP contribution in [-0.2, 0) is 0 Å². The van der Waals surface area contributed by atoms with Crippen LogP contribution >= 0.6 is 0 Å². The zero-order valence-electron chi connectivity index (χ0n) is 24.2. The highest BCUT2D eigenvalue weighted by molar-refractivity contribution is 5.30. The Morgan fingerprint density at radius 3 is 1.82 bits per heavy atom. The Kier molecular flexibility index (Phi) is 10.3. The molecule has 0 N–H and O–H groups in total. The molecule has 0 aromatic heterocycles. The van der Waals surface area contributed by atoms with Gasteiger partial charge >= 0.3 is 0 Å². The van der Waals surface area contributed by atoms with Gasteiger partial charge < -0.3 is 0 Å². The van der Waals surface area contributed by atoms with Crippen LogP contribution in [0.15, 0.2) is 42.3 Å². The highest BCUT2D eigenvalue weighted by Gasteiger charge is 2.32. The van der Waals surface area contributed by atoms with Crippen LogP contribution in [0.3, 0.4) is 0 Å². The van der Waals surface area contributed by atoms with E-state index < -0.39 is 6.67 Å². The minimum atomic E-state index is -0.684. The Hall–Kier alpha value is -1.51. The minimum Gasteiger partial charge on any atom is -0.246 e. The fourth-order valence-corrected chi connectivity index (χ4v) is 8.57. The number of hydrogen-bond donors (Lipinski definition) is 0. The van der Waals surface area contributed by atoms with E-state index in [-0.39, 0.29) is 17.6 Å². The van der Waals surface area contributed by atoms with Crippen molar-refractivity contribution < 1.29 is 13.2 Å². The summed E-state index contributed by atoms with van der Waals surface area (Å²) >= 11 is 0. The van der Waals surface area contributed by atoms with E-state index >= 15 is 4.39 Å². The first-order valence-electron chi connectivity index (χ1n) is 16.4. The quantitative estimate of drug-likeness (QED) is 0.302. The SMILES string of the molecule is CC1CCC(c2ccc(C3CCC(/C=C/C4CCC(C5CCC(/C(F)=C/CF)CC5)CC4)CC3)c(F)c2)CC1. The first kappa shape index (κ1) is 29.0. The Morgan fingerprint density at radius 1 is 0.718 bits per heavy atom. The van der Waals surface area contributed by atoms with E-state index in [2.05, 4.69) is 31.2 Å². The maximum atomic E-state index is 15.2. The first-order valence-corrected chi connectivity index (χ1v) is 16.4. The van der Waals surface area contributed by atoms with E-state index in [1.165, 1.54) is 69.8 Å². The molecule has 39 heavy (non-hydrogen) atoms. The van der Waals surface area contributed by atoms with Crippen LogP contribution in [0.25, 0.3) is 0 Å². The third-order valence-electron chi connectivity index (χ3n) is 11.3. The smallest absolute Gasteiger partial charge is 0.126 e. The lowest BCUT2D eigenvalue weighted by atomic mass is 9.69. The van der Waals surface area contributed by atoms with Crippen molar-refractivity contribution in [3.63, 3.8) is 0 Å². The van der Waals surface area contributed by atoms with Crippen LogP contribution in [0.1, 0.15) is 133 Å². The third-order valence-corrected chi connectivity index (χ3v) is 11.3. The zero-order valence-corrected chi connectivity index (χ0v) is 24.2. The Labute approximate surface area is 235 Å². The molecule has 0 radical (unpaired) electrons. The van der Waals surface area contributed by atoms with Gasteiger partial charge in [-0.25, -0.2) is 13.2 Å². The average Bonchev–Trinajstić information content (AvgIpc) is 2.97. The standard InChI is InChI=1S/C36H51F3/c1-25-2-10-30(11-3-25)33-20-21-34(36(39)24-33)31-14-8-27(9-15-31)5-4-26-6-12-28(13-7-26)29-16-18-32(19-17-29)35(38)22-23-37/h4-5,20-22,24-32H,2-3,6-19,23H2,1H3/b5-4+,35-22-. The van der Waals surface area contributed by atoms with Crippen molar-refractivity contribution in [2.75, 3.05) is 6.67 Å². The molecule has 0 bridgehead atoms. The number of rotatable bonds is 7. The van der Waals surface area contributed by atoms with Crippen LogP contribution < -0.4 is 0 Å². The summed E-state index contributed by atoms with van der Waals surface area (Å²) in [5.41, 5.74) is 2.18. The van der Waals surface area contributed by atoms with Gasteiger partial charge in [0.25, 0.3) is 0 Å². The summed E-state index contributed by atoms with van der Waals surface area (Å²) < 4.78 is 41.5. The number of benzene rings is 1. The molecule has 0 amide bonds. The Balaban J connectivity index is 1.03. The van der Waals surface area contributed by atoms with Crippen LogP contribution in [0.2, 0.25) is 0 Å². The van der Waals surface area contributed by atoms with E-state index in [1.807, 2.05) is 6.07 Å². The van der Waals surface area contributed by atoms with Gasteiger partial charge in [-0.15, -0.1) is 0 Å². The van der Waals surface area contributed by atoms with Gasteiger partial charge in [-0.1, -0.05) is 44.1 Å². The summed E-state index contributed by atoms with van der Waals surface area (Å²) in [6.45, 7) is 1.66. The lowest BCUT2D eigenvalue weighted by Gasteiger charge is -2.37. The molecular weight excluding hydrogens is 489 g/mol. The summed E-state index contributed by atoms with van der Waals surface area (Å²) in [7, 11) is 0. The van der Waals surface area contributed by atoms with Crippen molar-refractivity contribution in [1.29, 1.82) is 0 Å². The Bertz CT molecular complexity index is 948. The molecule has 4 fully saturated rings. The lowest BCUT2D eigenvalue weighted by molar-refractivity contribution is 0.157. The number of halogens is 3. The van der Waals surface area contributed by atoms with Crippen LogP contribution in [0.4, 0.5) is 13.2 Å². The van der Waals surface area contributed by atoms with E-state index in [9.17, 15) is 8.78 Å². The summed E-state index contributed by atoms with van der Waals surface area (Å²) in [5.74, 6) is 4.42. The van der Waals surface area contributed by atoms with Gasteiger partial charge in [-0.3, -0.25) is 0 Å². The molecule has 216 valence electrons. The van der Waals surface area contributed by atoms with Gasteiger partial charge in [0.15, 0.2) is 0 Å². The van der Waals surface area contributed by atoms with Gasteiger partial charge in [0.2, 0.25) is 0 Å². The summed E-state index contributed by atoms with van der Waals surface area (Å²) in [5, 5.41) is 0. The van der Waals surface area contributed by atoms with Crippen molar-refractivity contribution in [2.45, 2.75) is 121 Å². The molecule has 1 aromatic rings. The van der Waals surface area contributed by atoms with Gasteiger partial charge in [-0.05, 0) is 155 Å². The molecule has 5 rings (SSSR count). The molecule has 4 aliphatic rings. The second-order valence-electron chi connectivity index (χ2n) is 13.8. The molecule has 3 heteroatoms. The van der Waals surface area contributed by atoms with E-state index in [1.54, 1.807) is 0 Å². The van der Waals surface area contributed by atoms with Gasteiger partial charge in [0.05, 0.1) is 0 Å². The largest absolute Gasteiger partial charge is 0.246 e.